The van der Waals surface area contributed by atoms with Crippen LogP contribution in [0.5, 0.6) is 5.75 Å². The maximum atomic E-state index is 13.1. The number of hydrogen-bond acceptors (Lipinski definition) is 3. The molecule has 0 saturated carbocycles. The molecule has 4 nitrogen and oxygen atoms in total. The van der Waals surface area contributed by atoms with Crippen LogP contribution in [0.15, 0.2) is 36.5 Å². The van der Waals surface area contributed by atoms with Gasteiger partial charge in [-0.3, -0.25) is 4.79 Å². The number of amides is 1. The van der Waals surface area contributed by atoms with Crippen LogP contribution in [-0.2, 0) is 6.42 Å². The second-order valence-electron chi connectivity index (χ2n) is 4.75. The number of nitrogens with zero attached hydrogens (tertiary/aromatic N) is 1. The minimum Gasteiger partial charge on any atom is -0.488 e. The van der Waals surface area contributed by atoms with E-state index in [9.17, 15) is 9.18 Å². The number of para-hydroxylation sites is 1. The quantitative estimate of drug-likeness (QED) is 0.887. The van der Waals surface area contributed by atoms with Crippen molar-refractivity contribution < 1.29 is 13.9 Å². The van der Waals surface area contributed by atoms with E-state index in [-0.39, 0.29) is 16.8 Å². The number of aromatic nitrogens is 1. The zero-order chi connectivity index (χ0) is 14.8. The minimum absolute atomic E-state index is 0.0205. The lowest BCUT2D eigenvalue weighted by atomic mass is 10.1. The lowest BCUT2D eigenvalue weighted by Gasteiger charge is -2.12. The average molecular weight is 307 g/mol. The largest absolute Gasteiger partial charge is 0.488 e. The number of halogens is 2. The van der Waals surface area contributed by atoms with E-state index in [4.69, 9.17) is 16.3 Å². The third kappa shape index (κ3) is 2.97. The van der Waals surface area contributed by atoms with Gasteiger partial charge in [0.05, 0.1) is 18.3 Å². The van der Waals surface area contributed by atoms with Crippen molar-refractivity contribution >= 4 is 17.5 Å². The molecule has 0 spiro atoms. The summed E-state index contributed by atoms with van der Waals surface area (Å²) in [6, 6.07) is 8.79. The molecule has 1 aromatic heterocycles. The van der Waals surface area contributed by atoms with Crippen LogP contribution in [-0.4, -0.2) is 23.5 Å². The Morgan fingerprint density at radius 1 is 1.48 bits per heavy atom. The first-order valence-electron chi connectivity index (χ1n) is 6.47. The Balaban J connectivity index is 1.61. The number of ether oxygens (including phenoxy) is 1. The number of carbonyl (C=O) groups excluding carboxylic acids is 1. The lowest BCUT2D eigenvalue weighted by Crippen LogP contribution is -2.34. The van der Waals surface area contributed by atoms with Gasteiger partial charge in [0.2, 0.25) is 0 Å². The molecule has 2 heterocycles. The second-order valence-corrected chi connectivity index (χ2v) is 5.11. The van der Waals surface area contributed by atoms with Crippen molar-refractivity contribution in [1.82, 2.24) is 10.3 Å². The van der Waals surface area contributed by atoms with Crippen LogP contribution in [0.3, 0.4) is 0 Å². The van der Waals surface area contributed by atoms with Gasteiger partial charge in [0.1, 0.15) is 22.8 Å². The molecular formula is C15H12ClFN2O2. The van der Waals surface area contributed by atoms with E-state index in [1.54, 1.807) is 0 Å². The number of carbonyl (C=O) groups is 1. The smallest absolute Gasteiger partial charge is 0.254 e. The number of pyridine rings is 1. The highest BCUT2D eigenvalue weighted by molar-refractivity contribution is 6.32. The van der Waals surface area contributed by atoms with Gasteiger partial charge < -0.3 is 10.1 Å². The van der Waals surface area contributed by atoms with E-state index in [2.05, 4.69) is 10.3 Å². The number of benzene rings is 1. The average Bonchev–Trinajstić information content (AvgIpc) is 2.90. The molecule has 1 aliphatic rings. The zero-order valence-electron chi connectivity index (χ0n) is 11.0. The van der Waals surface area contributed by atoms with Crippen LogP contribution in [0.4, 0.5) is 4.39 Å². The number of rotatable bonds is 3. The lowest BCUT2D eigenvalue weighted by molar-refractivity contribution is 0.0933. The van der Waals surface area contributed by atoms with Crippen LogP contribution < -0.4 is 10.1 Å². The topological polar surface area (TPSA) is 51.2 Å². The molecule has 6 heteroatoms. The highest BCUT2D eigenvalue weighted by Gasteiger charge is 2.23. The summed E-state index contributed by atoms with van der Waals surface area (Å²) < 4.78 is 18.8. The monoisotopic (exact) mass is 306 g/mol. The van der Waals surface area contributed by atoms with E-state index in [1.165, 1.54) is 0 Å². The Bertz CT molecular complexity index is 668. The Labute approximate surface area is 125 Å². The molecule has 3 rings (SSSR count). The molecule has 108 valence electrons. The summed E-state index contributed by atoms with van der Waals surface area (Å²) in [6.07, 6.45) is 1.56. The van der Waals surface area contributed by atoms with Gasteiger partial charge in [0.25, 0.3) is 5.91 Å². The number of fused-ring (bicyclic) bond motifs is 1. The first-order chi connectivity index (χ1) is 10.1. The molecule has 21 heavy (non-hydrogen) atoms. The van der Waals surface area contributed by atoms with Gasteiger partial charge in [-0.05, 0) is 17.7 Å². The highest BCUT2D eigenvalue weighted by Crippen LogP contribution is 2.27. The molecule has 1 aromatic carbocycles. The second kappa shape index (κ2) is 5.69. The SMILES string of the molecule is O=C(NCC1Cc2ccccc2O1)c1cc(F)cnc1Cl. The molecule has 1 atom stereocenters. The van der Waals surface area contributed by atoms with E-state index < -0.39 is 11.7 Å². The van der Waals surface area contributed by atoms with Crippen molar-refractivity contribution in [3.8, 4) is 5.75 Å². The van der Waals surface area contributed by atoms with Gasteiger partial charge >= 0.3 is 0 Å². The van der Waals surface area contributed by atoms with Crippen LogP contribution in [0, 0.1) is 5.82 Å². The summed E-state index contributed by atoms with van der Waals surface area (Å²) in [6.45, 7) is 0.320. The standard InChI is InChI=1S/C15H12ClFN2O2/c16-14-12(6-10(17)7-18-14)15(20)19-8-11-5-9-3-1-2-4-13(9)21-11/h1-4,6-7,11H,5,8H2,(H,19,20). The summed E-state index contributed by atoms with van der Waals surface area (Å²) in [5.74, 6) is -0.233. The Morgan fingerprint density at radius 2 is 2.29 bits per heavy atom. The van der Waals surface area contributed by atoms with Crippen LogP contribution in [0.2, 0.25) is 5.15 Å². The molecule has 1 unspecified atom stereocenters. The fourth-order valence-corrected chi connectivity index (χ4v) is 2.44. The summed E-state index contributed by atoms with van der Waals surface area (Å²) >= 11 is 5.79. The zero-order valence-corrected chi connectivity index (χ0v) is 11.7. The molecule has 0 bridgehead atoms. The summed E-state index contributed by atoms with van der Waals surface area (Å²) in [4.78, 5) is 15.6. The van der Waals surface area contributed by atoms with E-state index in [0.29, 0.717) is 6.54 Å². The van der Waals surface area contributed by atoms with E-state index >= 15 is 0 Å². The van der Waals surface area contributed by atoms with Gasteiger partial charge in [-0.15, -0.1) is 0 Å². The van der Waals surface area contributed by atoms with Crippen molar-refractivity contribution in [2.45, 2.75) is 12.5 Å². The predicted molar refractivity (Wildman–Crippen MR) is 76.1 cm³/mol. The van der Waals surface area contributed by atoms with Crippen LogP contribution in [0.25, 0.3) is 0 Å². The molecule has 0 saturated heterocycles. The maximum Gasteiger partial charge on any atom is 0.254 e. The van der Waals surface area contributed by atoms with E-state index in [1.807, 2.05) is 24.3 Å². The first-order valence-corrected chi connectivity index (χ1v) is 6.85. The van der Waals surface area contributed by atoms with Gasteiger partial charge in [-0.1, -0.05) is 29.8 Å². The maximum absolute atomic E-state index is 13.1. The summed E-state index contributed by atoms with van der Waals surface area (Å²) in [5.41, 5.74) is 1.13. The highest BCUT2D eigenvalue weighted by atomic mass is 35.5. The van der Waals surface area contributed by atoms with E-state index in [0.717, 1.165) is 30.0 Å². The molecule has 1 N–H and O–H groups in total. The van der Waals surface area contributed by atoms with Crippen molar-refractivity contribution in [3.63, 3.8) is 0 Å². The van der Waals surface area contributed by atoms with Gasteiger partial charge in [-0.25, -0.2) is 9.37 Å². The number of hydrogen-bond donors (Lipinski definition) is 1. The van der Waals surface area contributed by atoms with Crippen LogP contribution >= 0.6 is 11.6 Å². The molecule has 0 radical (unpaired) electrons. The summed E-state index contributed by atoms with van der Waals surface area (Å²) in [7, 11) is 0. The predicted octanol–water partition coefficient (Wildman–Crippen LogP) is 2.61. The fourth-order valence-electron chi connectivity index (χ4n) is 2.25. The molecule has 2 aromatic rings. The fraction of sp³-hybridized carbons (Fsp3) is 0.200. The van der Waals surface area contributed by atoms with Crippen LogP contribution in [0.1, 0.15) is 15.9 Å². The van der Waals surface area contributed by atoms with Gasteiger partial charge in [0.15, 0.2) is 0 Å². The number of nitrogens with one attached hydrogen (secondary N) is 1. The third-order valence-electron chi connectivity index (χ3n) is 3.25. The Hall–Kier alpha value is -2.14. The normalized spacial score (nSPS) is 16.2. The molecule has 0 fully saturated rings. The van der Waals surface area contributed by atoms with Crippen molar-refractivity contribution in [2.75, 3.05) is 6.54 Å². The third-order valence-corrected chi connectivity index (χ3v) is 3.56. The molecule has 0 aliphatic carbocycles. The molecule has 1 aliphatic heterocycles. The first kappa shape index (κ1) is 13.8. The van der Waals surface area contributed by atoms with Gasteiger partial charge in [-0.2, -0.15) is 0 Å². The minimum atomic E-state index is -0.603. The molecular weight excluding hydrogens is 295 g/mol. The van der Waals surface area contributed by atoms with Crippen molar-refractivity contribution in [3.05, 3.63) is 58.6 Å². The Morgan fingerprint density at radius 3 is 3.10 bits per heavy atom. The molecule has 1 amide bonds. The van der Waals surface area contributed by atoms with Gasteiger partial charge in [0, 0.05) is 6.42 Å². The van der Waals surface area contributed by atoms with Crippen molar-refractivity contribution in [1.29, 1.82) is 0 Å². The Kier molecular flexibility index (Phi) is 3.75. The van der Waals surface area contributed by atoms with Crippen molar-refractivity contribution in [2.24, 2.45) is 0 Å². The summed E-state index contributed by atoms with van der Waals surface area (Å²) in [5, 5.41) is 2.67.